The number of hydrogen-bond acceptors (Lipinski definition) is 2. The molecule has 0 aliphatic rings. The molecule has 2 aromatic rings. The molecule has 0 aliphatic carbocycles. The lowest BCUT2D eigenvalue weighted by Crippen LogP contribution is -1.85. The predicted molar refractivity (Wildman–Crippen MR) is 71.9 cm³/mol. The van der Waals surface area contributed by atoms with Crippen LogP contribution in [0.4, 0.5) is 0 Å². The van der Waals surface area contributed by atoms with Gasteiger partial charge in [-0.3, -0.25) is 0 Å². The first kappa shape index (κ1) is 11.7. The minimum absolute atomic E-state index is 1.01. The Balaban J connectivity index is 2.23. The molecule has 3 heteroatoms. The molecule has 82 valence electrons. The van der Waals surface area contributed by atoms with E-state index in [0.717, 1.165) is 15.9 Å². The van der Waals surface area contributed by atoms with E-state index in [0.29, 0.717) is 0 Å². The summed E-state index contributed by atoms with van der Waals surface area (Å²) in [5.41, 5.74) is 1.37. The Morgan fingerprint density at radius 2 is 2.00 bits per heavy atom. The Bertz CT molecular complexity index is 468. The maximum Gasteiger partial charge on any atom is 0.101 e. The zero-order valence-corrected chi connectivity index (χ0v) is 11.4. The van der Waals surface area contributed by atoms with Gasteiger partial charge in [0, 0.05) is 15.6 Å². The second kappa shape index (κ2) is 5.51. The first-order chi connectivity index (χ1) is 7.79. The van der Waals surface area contributed by atoms with Crippen molar-refractivity contribution in [2.75, 3.05) is 0 Å². The van der Waals surface area contributed by atoms with Gasteiger partial charge in [0.25, 0.3) is 0 Å². The van der Waals surface area contributed by atoms with Crippen LogP contribution >= 0.6 is 27.7 Å². The van der Waals surface area contributed by atoms with Gasteiger partial charge >= 0.3 is 0 Å². The van der Waals surface area contributed by atoms with Crippen molar-refractivity contribution in [1.82, 2.24) is 4.98 Å². The third-order valence-electron chi connectivity index (χ3n) is 2.27. The standard InChI is InChI=1S/C13H12BrNS/c1-2-10-5-3-4-6-12(10)16-13-8-7-11(14)9-15-13/h3-9H,2H2,1H3. The van der Waals surface area contributed by atoms with Crippen molar-refractivity contribution in [3.05, 3.63) is 52.6 Å². The SMILES string of the molecule is CCc1ccccc1Sc1ccc(Br)cn1. The number of aryl methyl sites for hydroxylation is 1. The van der Waals surface area contributed by atoms with Crippen molar-refractivity contribution in [3.63, 3.8) is 0 Å². The number of pyridine rings is 1. The molecule has 1 nitrogen and oxygen atoms in total. The molecule has 2 rings (SSSR count). The Hall–Kier alpha value is -0.800. The average Bonchev–Trinajstić information content (AvgIpc) is 2.33. The van der Waals surface area contributed by atoms with E-state index in [9.17, 15) is 0 Å². The summed E-state index contributed by atoms with van der Waals surface area (Å²) in [7, 11) is 0. The molecule has 1 aromatic carbocycles. The molecular weight excluding hydrogens is 282 g/mol. The number of halogens is 1. The minimum atomic E-state index is 1.01. The molecule has 1 aromatic heterocycles. The summed E-state index contributed by atoms with van der Waals surface area (Å²) in [6.07, 6.45) is 2.89. The first-order valence-electron chi connectivity index (χ1n) is 5.17. The summed E-state index contributed by atoms with van der Waals surface area (Å²) < 4.78 is 1.01. The quantitative estimate of drug-likeness (QED) is 0.823. The molecule has 0 atom stereocenters. The lowest BCUT2D eigenvalue weighted by atomic mass is 10.2. The first-order valence-corrected chi connectivity index (χ1v) is 6.78. The van der Waals surface area contributed by atoms with Gasteiger partial charge in [-0.15, -0.1) is 0 Å². The van der Waals surface area contributed by atoms with Gasteiger partial charge in [-0.05, 0) is 46.1 Å². The van der Waals surface area contributed by atoms with E-state index >= 15 is 0 Å². The Morgan fingerprint density at radius 1 is 1.19 bits per heavy atom. The molecule has 0 aliphatic heterocycles. The molecule has 0 bridgehead atoms. The second-order valence-electron chi connectivity index (χ2n) is 3.38. The highest BCUT2D eigenvalue weighted by Crippen LogP contribution is 2.29. The fraction of sp³-hybridized carbons (Fsp3) is 0.154. The smallest absolute Gasteiger partial charge is 0.101 e. The van der Waals surface area contributed by atoms with Crippen molar-refractivity contribution in [3.8, 4) is 0 Å². The van der Waals surface area contributed by atoms with Crippen LogP contribution in [0.5, 0.6) is 0 Å². The maximum atomic E-state index is 4.37. The van der Waals surface area contributed by atoms with Gasteiger partial charge in [-0.2, -0.15) is 0 Å². The van der Waals surface area contributed by atoms with E-state index in [1.807, 2.05) is 18.3 Å². The summed E-state index contributed by atoms with van der Waals surface area (Å²) in [6, 6.07) is 12.5. The van der Waals surface area contributed by atoms with Gasteiger partial charge in [0.2, 0.25) is 0 Å². The predicted octanol–water partition coefficient (Wildman–Crippen LogP) is 4.56. The molecule has 16 heavy (non-hydrogen) atoms. The Morgan fingerprint density at radius 3 is 2.69 bits per heavy atom. The second-order valence-corrected chi connectivity index (χ2v) is 5.36. The zero-order chi connectivity index (χ0) is 11.4. The van der Waals surface area contributed by atoms with E-state index in [1.54, 1.807) is 11.8 Å². The Kier molecular flexibility index (Phi) is 4.02. The third kappa shape index (κ3) is 2.86. The number of rotatable bonds is 3. The van der Waals surface area contributed by atoms with E-state index in [1.165, 1.54) is 10.5 Å². The molecule has 0 amide bonds. The topological polar surface area (TPSA) is 12.9 Å². The van der Waals surface area contributed by atoms with Crippen molar-refractivity contribution < 1.29 is 0 Å². The van der Waals surface area contributed by atoms with Crippen LogP contribution in [-0.2, 0) is 6.42 Å². The normalized spacial score (nSPS) is 10.4. The van der Waals surface area contributed by atoms with E-state index in [4.69, 9.17) is 0 Å². The van der Waals surface area contributed by atoms with Crippen molar-refractivity contribution in [2.24, 2.45) is 0 Å². The highest BCUT2D eigenvalue weighted by atomic mass is 79.9. The van der Waals surface area contributed by atoms with Gasteiger partial charge in [-0.25, -0.2) is 4.98 Å². The number of nitrogens with zero attached hydrogens (tertiary/aromatic N) is 1. The van der Waals surface area contributed by atoms with Crippen LogP contribution in [0.25, 0.3) is 0 Å². The third-order valence-corrected chi connectivity index (χ3v) is 3.81. The van der Waals surface area contributed by atoms with Crippen LogP contribution in [-0.4, -0.2) is 4.98 Å². The maximum absolute atomic E-state index is 4.37. The highest BCUT2D eigenvalue weighted by Gasteiger charge is 2.02. The molecule has 0 saturated heterocycles. The summed E-state index contributed by atoms with van der Waals surface area (Å²) in [5.74, 6) is 0. The van der Waals surface area contributed by atoms with Crippen LogP contribution in [0.2, 0.25) is 0 Å². The van der Waals surface area contributed by atoms with E-state index in [2.05, 4.69) is 52.1 Å². The fourth-order valence-corrected chi connectivity index (χ4v) is 2.62. The van der Waals surface area contributed by atoms with Crippen LogP contribution in [0.1, 0.15) is 12.5 Å². The number of hydrogen-bond donors (Lipinski definition) is 0. The number of benzene rings is 1. The fourth-order valence-electron chi connectivity index (χ4n) is 1.43. The monoisotopic (exact) mass is 293 g/mol. The van der Waals surface area contributed by atoms with Gasteiger partial charge in [0.15, 0.2) is 0 Å². The lowest BCUT2D eigenvalue weighted by Gasteiger charge is -2.06. The summed E-state index contributed by atoms with van der Waals surface area (Å²) in [4.78, 5) is 5.66. The van der Waals surface area contributed by atoms with Gasteiger partial charge < -0.3 is 0 Å². The molecule has 0 unspecified atom stereocenters. The molecule has 0 fully saturated rings. The van der Waals surface area contributed by atoms with Crippen LogP contribution < -0.4 is 0 Å². The molecule has 0 spiro atoms. The van der Waals surface area contributed by atoms with Crippen molar-refractivity contribution >= 4 is 27.7 Å². The Labute approximate surface area is 108 Å². The summed E-state index contributed by atoms with van der Waals surface area (Å²) in [5, 5.41) is 1.03. The molecule has 0 radical (unpaired) electrons. The largest absolute Gasteiger partial charge is 0.248 e. The zero-order valence-electron chi connectivity index (χ0n) is 8.98. The van der Waals surface area contributed by atoms with Crippen LogP contribution in [0, 0.1) is 0 Å². The van der Waals surface area contributed by atoms with Gasteiger partial charge in [0.05, 0.1) is 0 Å². The van der Waals surface area contributed by atoms with Crippen LogP contribution in [0.15, 0.2) is 57.0 Å². The van der Waals surface area contributed by atoms with Gasteiger partial charge in [-0.1, -0.05) is 36.9 Å². The molecule has 1 heterocycles. The van der Waals surface area contributed by atoms with Crippen molar-refractivity contribution in [2.45, 2.75) is 23.3 Å². The molecule has 0 N–H and O–H groups in total. The van der Waals surface area contributed by atoms with Crippen LogP contribution in [0.3, 0.4) is 0 Å². The summed E-state index contributed by atoms with van der Waals surface area (Å²) >= 11 is 5.10. The summed E-state index contributed by atoms with van der Waals surface area (Å²) in [6.45, 7) is 2.18. The minimum Gasteiger partial charge on any atom is -0.248 e. The van der Waals surface area contributed by atoms with E-state index < -0.39 is 0 Å². The van der Waals surface area contributed by atoms with E-state index in [-0.39, 0.29) is 0 Å². The molecular formula is C13H12BrNS. The molecule has 0 saturated carbocycles. The number of aromatic nitrogens is 1. The van der Waals surface area contributed by atoms with Crippen molar-refractivity contribution in [1.29, 1.82) is 0 Å². The highest BCUT2D eigenvalue weighted by molar-refractivity contribution is 9.10. The lowest BCUT2D eigenvalue weighted by molar-refractivity contribution is 1.07. The average molecular weight is 294 g/mol. The van der Waals surface area contributed by atoms with Gasteiger partial charge in [0.1, 0.15) is 5.03 Å².